The van der Waals surface area contributed by atoms with Gasteiger partial charge in [-0.15, -0.1) is 10.2 Å². The predicted molar refractivity (Wildman–Crippen MR) is 105 cm³/mol. The second kappa shape index (κ2) is 7.44. The van der Waals surface area contributed by atoms with Crippen LogP contribution < -0.4 is 10.1 Å². The zero-order chi connectivity index (χ0) is 19.8. The summed E-state index contributed by atoms with van der Waals surface area (Å²) < 4.78 is 20.6. The lowest BCUT2D eigenvalue weighted by Crippen LogP contribution is -2.51. The normalized spacial score (nSPS) is 23.7. The molecule has 2 atom stereocenters. The molecule has 3 aromatic rings. The smallest absolute Gasteiger partial charge is 0.233 e. The monoisotopic (exact) mass is 395 g/mol. The van der Waals surface area contributed by atoms with E-state index < -0.39 is 5.82 Å². The fourth-order valence-electron chi connectivity index (χ4n) is 4.39. The first-order valence-electron chi connectivity index (χ1n) is 9.94. The topological polar surface area (TPSA) is 96.0 Å². The predicted octanol–water partition coefficient (Wildman–Crippen LogP) is 3.43. The molecule has 0 amide bonds. The van der Waals surface area contributed by atoms with Gasteiger partial charge in [-0.2, -0.15) is 5.10 Å². The Morgan fingerprint density at radius 2 is 1.90 bits per heavy atom. The summed E-state index contributed by atoms with van der Waals surface area (Å²) in [5, 5.41) is 28.8. The molecular formula is C21H22FN5O2. The maximum absolute atomic E-state index is 14.5. The number of fused-ring (bicyclic) bond motifs is 2. The molecule has 0 aliphatic carbocycles. The van der Waals surface area contributed by atoms with Gasteiger partial charge in [0.2, 0.25) is 5.88 Å². The van der Waals surface area contributed by atoms with Crippen molar-refractivity contribution >= 4 is 0 Å². The van der Waals surface area contributed by atoms with Gasteiger partial charge < -0.3 is 15.2 Å². The summed E-state index contributed by atoms with van der Waals surface area (Å²) in [6.07, 6.45) is 8.82. The zero-order valence-corrected chi connectivity index (χ0v) is 15.8. The molecule has 2 aromatic heterocycles. The van der Waals surface area contributed by atoms with E-state index in [1.54, 1.807) is 18.3 Å². The molecule has 150 valence electrons. The van der Waals surface area contributed by atoms with Gasteiger partial charge in [0, 0.05) is 41.0 Å². The quantitative estimate of drug-likeness (QED) is 0.626. The molecule has 3 N–H and O–H groups in total. The van der Waals surface area contributed by atoms with Crippen molar-refractivity contribution < 1.29 is 14.2 Å². The van der Waals surface area contributed by atoms with Crippen molar-refractivity contribution in [3.8, 4) is 34.0 Å². The lowest BCUT2D eigenvalue weighted by molar-refractivity contribution is 0.0881. The van der Waals surface area contributed by atoms with E-state index in [0.717, 1.165) is 12.8 Å². The van der Waals surface area contributed by atoms with E-state index in [0.29, 0.717) is 29.2 Å². The van der Waals surface area contributed by atoms with Gasteiger partial charge >= 0.3 is 0 Å². The van der Waals surface area contributed by atoms with E-state index in [2.05, 4.69) is 25.7 Å². The molecule has 5 rings (SSSR count). The molecule has 8 heteroatoms. The fourth-order valence-corrected chi connectivity index (χ4v) is 4.39. The van der Waals surface area contributed by atoms with E-state index in [-0.39, 0.29) is 23.0 Å². The number of aromatic hydroxyl groups is 1. The highest BCUT2D eigenvalue weighted by Gasteiger charge is 2.32. The number of rotatable bonds is 4. The highest BCUT2D eigenvalue weighted by Crippen LogP contribution is 2.35. The van der Waals surface area contributed by atoms with Crippen LogP contribution in [0.5, 0.6) is 11.6 Å². The van der Waals surface area contributed by atoms with Crippen LogP contribution in [0.15, 0.2) is 36.7 Å². The van der Waals surface area contributed by atoms with E-state index >= 15 is 0 Å². The summed E-state index contributed by atoms with van der Waals surface area (Å²) in [7, 11) is 0. The number of nitrogens with one attached hydrogen (secondary N) is 2. The van der Waals surface area contributed by atoms with Crippen molar-refractivity contribution in [3.63, 3.8) is 0 Å². The van der Waals surface area contributed by atoms with Crippen LogP contribution in [-0.2, 0) is 0 Å². The largest absolute Gasteiger partial charge is 0.507 e. The van der Waals surface area contributed by atoms with Gasteiger partial charge in [-0.25, -0.2) is 4.39 Å². The Hall–Kier alpha value is -3.00. The summed E-state index contributed by atoms with van der Waals surface area (Å²) in [5.74, 6) is -0.0898. The van der Waals surface area contributed by atoms with Crippen molar-refractivity contribution in [1.82, 2.24) is 25.7 Å². The number of hydrogen-bond acceptors (Lipinski definition) is 6. The van der Waals surface area contributed by atoms with E-state index in [1.807, 2.05) is 0 Å². The maximum Gasteiger partial charge on any atom is 0.233 e. The van der Waals surface area contributed by atoms with E-state index in [1.165, 1.54) is 37.6 Å². The van der Waals surface area contributed by atoms with Crippen LogP contribution in [0, 0.1) is 5.82 Å². The Balaban J connectivity index is 1.33. The number of aromatic amines is 1. The second-order valence-electron chi connectivity index (χ2n) is 7.80. The third kappa shape index (κ3) is 3.67. The number of phenols is 1. The third-order valence-corrected chi connectivity index (χ3v) is 5.77. The second-order valence-corrected chi connectivity index (χ2v) is 7.80. The molecular weight excluding hydrogens is 373 g/mol. The number of hydrogen-bond donors (Lipinski definition) is 3. The van der Waals surface area contributed by atoms with Crippen LogP contribution >= 0.6 is 0 Å². The summed E-state index contributed by atoms with van der Waals surface area (Å²) in [6.45, 7) is 0. The van der Waals surface area contributed by atoms with E-state index in [9.17, 15) is 9.50 Å². The minimum Gasteiger partial charge on any atom is -0.507 e. The first kappa shape index (κ1) is 18.1. The average molecular weight is 395 g/mol. The van der Waals surface area contributed by atoms with Crippen LogP contribution in [0.2, 0.25) is 0 Å². The van der Waals surface area contributed by atoms with Crippen LogP contribution in [-0.4, -0.2) is 43.7 Å². The lowest BCUT2D eigenvalue weighted by Gasteiger charge is -2.39. The molecule has 7 nitrogen and oxygen atoms in total. The number of ether oxygens (including phenoxy) is 1. The molecule has 2 bridgehead atoms. The number of H-pyrrole nitrogens is 1. The molecule has 4 heterocycles. The Bertz CT molecular complexity index is 981. The van der Waals surface area contributed by atoms with Crippen molar-refractivity contribution in [1.29, 1.82) is 0 Å². The number of halogens is 1. The summed E-state index contributed by atoms with van der Waals surface area (Å²) in [4.78, 5) is 0. The summed E-state index contributed by atoms with van der Waals surface area (Å²) >= 11 is 0. The van der Waals surface area contributed by atoms with Gasteiger partial charge in [-0.05, 0) is 43.9 Å². The summed E-state index contributed by atoms with van der Waals surface area (Å²) in [6, 6.07) is 7.09. The number of benzene rings is 1. The third-order valence-electron chi connectivity index (χ3n) is 5.77. The van der Waals surface area contributed by atoms with Gasteiger partial charge in [0.05, 0.1) is 11.9 Å². The Kier molecular flexibility index (Phi) is 4.63. The molecule has 0 spiro atoms. The minimum absolute atomic E-state index is 0.0725. The van der Waals surface area contributed by atoms with Crippen LogP contribution in [0.3, 0.4) is 0 Å². The van der Waals surface area contributed by atoms with Crippen LogP contribution in [0.4, 0.5) is 4.39 Å². The highest BCUT2D eigenvalue weighted by molar-refractivity contribution is 5.74. The van der Waals surface area contributed by atoms with Gasteiger partial charge in [0.1, 0.15) is 17.7 Å². The van der Waals surface area contributed by atoms with Crippen molar-refractivity contribution in [3.05, 3.63) is 42.5 Å². The Morgan fingerprint density at radius 1 is 1.07 bits per heavy atom. The first-order valence-corrected chi connectivity index (χ1v) is 9.94. The van der Waals surface area contributed by atoms with Gasteiger partial charge in [0.25, 0.3) is 0 Å². The molecule has 0 saturated carbocycles. The molecule has 2 aliphatic rings. The molecule has 0 unspecified atom stereocenters. The van der Waals surface area contributed by atoms with Crippen molar-refractivity contribution in [2.75, 3.05) is 0 Å². The molecule has 2 saturated heterocycles. The summed E-state index contributed by atoms with van der Waals surface area (Å²) in [5.41, 5.74) is 1.50. The first-order chi connectivity index (χ1) is 14.2. The highest BCUT2D eigenvalue weighted by atomic mass is 19.1. The zero-order valence-electron chi connectivity index (χ0n) is 15.8. The Morgan fingerprint density at radius 3 is 2.59 bits per heavy atom. The fraction of sp³-hybridized carbons (Fsp3) is 0.381. The maximum atomic E-state index is 14.5. The van der Waals surface area contributed by atoms with Gasteiger partial charge in [-0.1, -0.05) is 6.42 Å². The molecule has 0 radical (unpaired) electrons. The van der Waals surface area contributed by atoms with Crippen LogP contribution in [0.1, 0.15) is 32.1 Å². The number of aromatic nitrogens is 4. The van der Waals surface area contributed by atoms with Gasteiger partial charge in [0.15, 0.2) is 0 Å². The molecule has 2 aliphatic heterocycles. The average Bonchev–Trinajstić information content (AvgIpc) is 3.24. The number of nitrogens with zero attached hydrogens (tertiary/aromatic N) is 3. The van der Waals surface area contributed by atoms with Crippen LogP contribution in [0.25, 0.3) is 22.4 Å². The standard InChI is InChI=1S/C21H22FN5O2/c22-18-8-17(20(28)9-16(18)12-10-23-24-11-12)19-4-5-21(27-26-19)29-15-6-13-2-1-3-14(7-15)25-13/h4-5,8-11,13-15,25,28H,1-3,6-7H2,(H,23,24)/t13-,14-/m0/s1. The lowest BCUT2D eigenvalue weighted by atomic mass is 9.85. The van der Waals surface area contributed by atoms with Gasteiger partial charge in [-0.3, -0.25) is 5.10 Å². The SMILES string of the molecule is Oc1cc(-c2cn[nH]c2)c(F)cc1-c1ccc(OC2C[C@@H]3CCC[C@@H](C2)N3)nn1. The molecule has 2 fully saturated rings. The number of phenolic OH excluding ortho intramolecular Hbond substituents is 1. The number of piperidine rings is 2. The van der Waals surface area contributed by atoms with E-state index in [4.69, 9.17) is 4.74 Å². The Labute approximate surface area is 167 Å². The van der Waals surface area contributed by atoms with Crippen molar-refractivity contribution in [2.24, 2.45) is 0 Å². The van der Waals surface area contributed by atoms with Crippen molar-refractivity contribution in [2.45, 2.75) is 50.3 Å². The minimum atomic E-state index is -0.470. The molecule has 29 heavy (non-hydrogen) atoms. The molecule has 1 aromatic carbocycles.